The van der Waals surface area contributed by atoms with Crippen molar-refractivity contribution in [3.63, 3.8) is 0 Å². The monoisotopic (exact) mass is 264 g/mol. The summed E-state index contributed by atoms with van der Waals surface area (Å²) >= 11 is 0. The van der Waals surface area contributed by atoms with Gasteiger partial charge in [-0.25, -0.2) is 8.78 Å². The Kier molecular flexibility index (Phi) is 3.70. The Balaban J connectivity index is 2.22. The van der Waals surface area contributed by atoms with E-state index in [1.165, 1.54) is 24.3 Å². The van der Waals surface area contributed by atoms with Crippen LogP contribution in [0.25, 0.3) is 0 Å². The Morgan fingerprint density at radius 3 is 2.32 bits per heavy atom. The third-order valence-corrected chi connectivity index (χ3v) is 2.62. The Morgan fingerprint density at radius 1 is 1.05 bits per heavy atom. The molecule has 0 heterocycles. The van der Waals surface area contributed by atoms with Crippen molar-refractivity contribution in [1.82, 2.24) is 0 Å². The highest BCUT2D eigenvalue weighted by molar-refractivity contribution is 5.61. The van der Waals surface area contributed by atoms with Crippen molar-refractivity contribution >= 4 is 11.4 Å². The van der Waals surface area contributed by atoms with Gasteiger partial charge in [0.2, 0.25) is 0 Å². The number of nitro groups is 1. The van der Waals surface area contributed by atoms with Crippen LogP contribution in [0.4, 0.5) is 20.2 Å². The third-order valence-electron chi connectivity index (χ3n) is 2.62. The number of para-hydroxylation sites is 2. The molecule has 2 aromatic carbocycles. The standard InChI is InChI=1S/C13H10F2N2O2/c14-10-4-3-5-11(15)9(10)8-16-12-6-1-2-7-13(12)17(18)19/h1-7,16H,8H2. The minimum absolute atomic E-state index is 0.140. The van der Waals surface area contributed by atoms with Gasteiger partial charge in [0.1, 0.15) is 17.3 Å². The maximum absolute atomic E-state index is 13.4. The van der Waals surface area contributed by atoms with Crippen LogP contribution in [0, 0.1) is 21.7 Å². The van der Waals surface area contributed by atoms with Crippen molar-refractivity contribution in [1.29, 1.82) is 0 Å². The largest absolute Gasteiger partial charge is 0.375 e. The molecule has 0 fully saturated rings. The number of hydrogen-bond acceptors (Lipinski definition) is 3. The van der Waals surface area contributed by atoms with E-state index in [0.29, 0.717) is 0 Å². The summed E-state index contributed by atoms with van der Waals surface area (Å²) in [6.45, 7) is -0.163. The lowest BCUT2D eigenvalue weighted by Gasteiger charge is -2.08. The molecule has 0 aliphatic heterocycles. The molecule has 0 aliphatic rings. The van der Waals surface area contributed by atoms with Crippen molar-refractivity contribution in [3.8, 4) is 0 Å². The number of halogens is 2. The first-order chi connectivity index (χ1) is 9.09. The fourth-order valence-electron chi connectivity index (χ4n) is 1.67. The van der Waals surface area contributed by atoms with Gasteiger partial charge in [-0.2, -0.15) is 0 Å². The first-order valence-corrected chi connectivity index (χ1v) is 5.50. The quantitative estimate of drug-likeness (QED) is 0.679. The smallest absolute Gasteiger partial charge is 0.292 e. The van der Waals surface area contributed by atoms with Crippen LogP contribution < -0.4 is 5.32 Å². The molecule has 0 aliphatic carbocycles. The lowest BCUT2D eigenvalue weighted by molar-refractivity contribution is -0.384. The molecule has 0 saturated carbocycles. The van der Waals surface area contributed by atoms with Crippen molar-refractivity contribution in [2.24, 2.45) is 0 Å². The summed E-state index contributed by atoms with van der Waals surface area (Å²) in [6.07, 6.45) is 0. The van der Waals surface area contributed by atoms with Gasteiger partial charge in [-0.3, -0.25) is 10.1 Å². The molecule has 6 heteroatoms. The van der Waals surface area contributed by atoms with Crippen LogP contribution in [-0.4, -0.2) is 4.92 Å². The molecule has 0 spiro atoms. The van der Waals surface area contributed by atoms with Crippen LogP contribution in [0.15, 0.2) is 42.5 Å². The molecular weight excluding hydrogens is 254 g/mol. The SMILES string of the molecule is O=[N+]([O-])c1ccccc1NCc1c(F)cccc1F. The second kappa shape index (κ2) is 5.43. The lowest BCUT2D eigenvalue weighted by Crippen LogP contribution is -2.06. The first kappa shape index (κ1) is 12.9. The molecule has 0 unspecified atom stereocenters. The van der Waals surface area contributed by atoms with Crippen LogP contribution in [-0.2, 0) is 6.54 Å². The van der Waals surface area contributed by atoms with E-state index in [1.807, 2.05) is 0 Å². The van der Waals surface area contributed by atoms with Crippen LogP contribution in [0.5, 0.6) is 0 Å². The predicted octanol–water partition coefficient (Wildman–Crippen LogP) is 3.49. The molecule has 4 nitrogen and oxygen atoms in total. The van der Waals surface area contributed by atoms with E-state index in [2.05, 4.69) is 5.32 Å². The van der Waals surface area contributed by atoms with Gasteiger partial charge in [-0.15, -0.1) is 0 Å². The van der Waals surface area contributed by atoms with Gasteiger partial charge >= 0.3 is 0 Å². The number of hydrogen-bond donors (Lipinski definition) is 1. The second-order valence-corrected chi connectivity index (χ2v) is 3.83. The summed E-state index contributed by atoms with van der Waals surface area (Å²) in [5, 5.41) is 13.5. The molecule has 19 heavy (non-hydrogen) atoms. The molecule has 2 aromatic rings. The molecule has 0 atom stereocenters. The second-order valence-electron chi connectivity index (χ2n) is 3.83. The Labute approximate surface area is 107 Å². The van der Waals surface area contributed by atoms with Gasteiger partial charge in [0, 0.05) is 18.2 Å². The highest BCUT2D eigenvalue weighted by Crippen LogP contribution is 2.24. The molecule has 98 valence electrons. The van der Waals surface area contributed by atoms with Crippen LogP contribution in [0.1, 0.15) is 5.56 Å². The van der Waals surface area contributed by atoms with Crippen molar-refractivity contribution in [2.45, 2.75) is 6.54 Å². The third kappa shape index (κ3) is 2.85. The summed E-state index contributed by atoms with van der Waals surface area (Å²) in [6, 6.07) is 9.47. The summed E-state index contributed by atoms with van der Waals surface area (Å²) in [4.78, 5) is 10.2. The van der Waals surface area contributed by atoms with E-state index < -0.39 is 16.6 Å². The summed E-state index contributed by atoms with van der Waals surface area (Å²) in [5.41, 5.74) is -0.0740. The number of nitrogens with one attached hydrogen (secondary N) is 1. The molecule has 0 amide bonds. The summed E-state index contributed by atoms with van der Waals surface area (Å²) in [5.74, 6) is -1.38. The Hall–Kier alpha value is -2.50. The van der Waals surface area contributed by atoms with E-state index in [-0.39, 0.29) is 23.5 Å². The van der Waals surface area contributed by atoms with Crippen LogP contribution >= 0.6 is 0 Å². The molecule has 0 bridgehead atoms. The number of anilines is 1. The van der Waals surface area contributed by atoms with Gasteiger partial charge in [-0.1, -0.05) is 18.2 Å². The zero-order valence-electron chi connectivity index (χ0n) is 9.77. The van der Waals surface area contributed by atoms with Gasteiger partial charge in [0.25, 0.3) is 5.69 Å². The highest BCUT2D eigenvalue weighted by Gasteiger charge is 2.13. The van der Waals surface area contributed by atoms with Crippen molar-refractivity contribution in [2.75, 3.05) is 5.32 Å². The van der Waals surface area contributed by atoms with Crippen molar-refractivity contribution < 1.29 is 13.7 Å². The zero-order chi connectivity index (χ0) is 13.8. The molecule has 0 aromatic heterocycles. The van der Waals surface area contributed by atoms with Crippen LogP contribution in [0.2, 0.25) is 0 Å². The van der Waals surface area contributed by atoms with Gasteiger partial charge < -0.3 is 5.32 Å². The average Bonchev–Trinajstić information content (AvgIpc) is 2.38. The normalized spacial score (nSPS) is 10.2. The number of nitro benzene ring substituents is 1. The van der Waals surface area contributed by atoms with E-state index >= 15 is 0 Å². The average molecular weight is 264 g/mol. The van der Waals surface area contributed by atoms with E-state index in [0.717, 1.165) is 12.1 Å². The van der Waals surface area contributed by atoms with Gasteiger partial charge in [-0.05, 0) is 18.2 Å². The lowest BCUT2D eigenvalue weighted by atomic mass is 10.2. The zero-order valence-corrected chi connectivity index (χ0v) is 9.77. The number of nitrogens with zero attached hydrogens (tertiary/aromatic N) is 1. The maximum atomic E-state index is 13.4. The van der Waals surface area contributed by atoms with Crippen molar-refractivity contribution in [3.05, 3.63) is 69.8 Å². The van der Waals surface area contributed by atoms with Crippen LogP contribution in [0.3, 0.4) is 0 Å². The van der Waals surface area contributed by atoms with Gasteiger partial charge in [0.15, 0.2) is 0 Å². The van der Waals surface area contributed by atoms with E-state index in [1.54, 1.807) is 6.07 Å². The molecule has 1 N–H and O–H groups in total. The predicted molar refractivity (Wildman–Crippen MR) is 66.8 cm³/mol. The molecule has 0 radical (unpaired) electrons. The number of benzene rings is 2. The molecule has 0 saturated heterocycles. The Morgan fingerprint density at radius 2 is 1.68 bits per heavy atom. The Bertz CT molecular complexity index is 597. The number of rotatable bonds is 4. The maximum Gasteiger partial charge on any atom is 0.292 e. The highest BCUT2D eigenvalue weighted by atomic mass is 19.1. The minimum atomic E-state index is -0.689. The minimum Gasteiger partial charge on any atom is -0.375 e. The fourth-order valence-corrected chi connectivity index (χ4v) is 1.67. The van der Waals surface area contributed by atoms with Gasteiger partial charge in [0.05, 0.1) is 4.92 Å². The summed E-state index contributed by atoms with van der Waals surface area (Å²) < 4.78 is 26.8. The molecule has 2 rings (SSSR count). The van der Waals surface area contributed by atoms with E-state index in [4.69, 9.17) is 0 Å². The summed E-state index contributed by atoms with van der Waals surface area (Å²) in [7, 11) is 0. The first-order valence-electron chi connectivity index (χ1n) is 5.50. The molecular formula is C13H10F2N2O2. The van der Waals surface area contributed by atoms with E-state index in [9.17, 15) is 18.9 Å². The fraction of sp³-hybridized carbons (Fsp3) is 0.0769. The topological polar surface area (TPSA) is 55.2 Å².